The summed E-state index contributed by atoms with van der Waals surface area (Å²) in [4.78, 5) is 26.4. The van der Waals surface area contributed by atoms with Gasteiger partial charge in [0.1, 0.15) is 5.82 Å². The number of aromatic nitrogens is 2. The second kappa shape index (κ2) is 16.0. The zero-order valence-corrected chi connectivity index (χ0v) is 24.8. The van der Waals surface area contributed by atoms with Gasteiger partial charge in [0.15, 0.2) is 0 Å². The number of nitrogens with two attached hydrogens (primary N) is 2. The lowest BCUT2D eigenvalue weighted by Crippen LogP contribution is -2.24. The molecule has 6 N–H and O–H groups in total. The van der Waals surface area contributed by atoms with Gasteiger partial charge in [-0.15, -0.1) is 0 Å². The summed E-state index contributed by atoms with van der Waals surface area (Å²) in [5.74, 6) is -0.289. The zero-order valence-electron chi connectivity index (χ0n) is 24.8. The fourth-order valence-electron chi connectivity index (χ4n) is 4.69. The molecule has 0 atom stereocenters. The van der Waals surface area contributed by atoms with E-state index < -0.39 is 0 Å². The van der Waals surface area contributed by atoms with Gasteiger partial charge in [-0.2, -0.15) is 0 Å². The van der Waals surface area contributed by atoms with E-state index in [1.165, 1.54) is 12.3 Å². The van der Waals surface area contributed by atoms with Crippen molar-refractivity contribution in [3.8, 4) is 11.4 Å². The van der Waals surface area contributed by atoms with E-state index >= 15 is 0 Å². The molecule has 0 saturated carbocycles. The van der Waals surface area contributed by atoms with Crippen LogP contribution in [0.4, 0.5) is 10.1 Å². The van der Waals surface area contributed by atoms with E-state index in [-0.39, 0.29) is 24.5 Å². The third-order valence-corrected chi connectivity index (χ3v) is 6.57. The molecule has 42 heavy (non-hydrogen) atoms. The molecule has 5 rings (SSSR count). The second-order valence-electron chi connectivity index (χ2n) is 9.24. The van der Waals surface area contributed by atoms with Gasteiger partial charge in [-0.25, -0.2) is 9.37 Å². The van der Waals surface area contributed by atoms with Gasteiger partial charge in [-0.05, 0) is 66.6 Å². The van der Waals surface area contributed by atoms with Crippen molar-refractivity contribution in [2.45, 2.75) is 53.9 Å². The summed E-state index contributed by atoms with van der Waals surface area (Å²) in [6.07, 6.45) is 1.25. The Bertz CT molecular complexity index is 1580. The van der Waals surface area contributed by atoms with Crippen LogP contribution in [-0.2, 0) is 35.8 Å². The maximum Gasteiger partial charge on any atom is 0.290 e. The Morgan fingerprint density at radius 1 is 1.12 bits per heavy atom. The number of halogens is 1. The van der Waals surface area contributed by atoms with Crippen molar-refractivity contribution < 1.29 is 19.0 Å². The summed E-state index contributed by atoms with van der Waals surface area (Å²) in [5.41, 5.74) is 18.4. The molecule has 1 aliphatic heterocycles. The topological polar surface area (TPSA) is 145 Å². The molecule has 0 radical (unpaired) electrons. The number of hydrogen-bond donors (Lipinski definition) is 4. The highest BCUT2D eigenvalue weighted by atomic mass is 19.1. The number of rotatable bonds is 6. The SMILES string of the molecule is C=CN.CC.COCc1c(C)cc2n(c1=O)Cc1c-2nc2cc(F)c(C)cc2c1CNCc1ccc(N)cc1.O=CO. The van der Waals surface area contributed by atoms with Crippen molar-refractivity contribution in [2.75, 3.05) is 12.8 Å². The van der Waals surface area contributed by atoms with Crippen LogP contribution in [0.25, 0.3) is 22.3 Å². The molecule has 0 aliphatic carbocycles. The van der Waals surface area contributed by atoms with Gasteiger partial charge in [0.2, 0.25) is 0 Å². The Balaban J connectivity index is 0.000000699. The number of anilines is 1. The Morgan fingerprint density at radius 2 is 1.74 bits per heavy atom. The molecule has 0 unspecified atom stereocenters. The zero-order chi connectivity index (χ0) is 31.4. The number of nitrogen functional groups attached to an aromatic ring is 1. The van der Waals surface area contributed by atoms with Gasteiger partial charge in [-0.3, -0.25) is 9.59 Å². The van der Waals surface area contributed by atoms with E-state index in [4.69, 9.17) is 25.4 Å². The first-order valence-corrected chi connectivity index (χ1v) is 13.5. The number of benzene rings is 2. The number of nitrogens with zero attached hydrogens (tertiary/aromatic N) is 2. The first-order chi connectivity index (χ1) is 20.2. The van der Waals surface area contributed by atoms with Crippen molar-refractivity contribution in [3.63, 3.8) is 0 Å². The van der Waals surface area contributed by atoms with Crippen LogP contribution >= 0.6 is 0 Å². The standard InChI is InChI=1S/C27H27FN4O2.C2H5N.C2H6.CH2O2/c1-15-9-25-26-21(13-32(25)27(33)22(15)14-34-3)20(12-30-11-17-4-6-18(29)7-5-17)19-8-16(2)23(28)10-24(19)31-26;1-2-3;1-2;2-1-3/h4-10,30H,11-14,29H2,1-3H3;2H,1,3H2;1-2H3;1H,(H,2,3). The number of carboxylic acid groups (broad SMARTS) is 1. The third-order valence-electron chi connectivity index (χ3n) is 6.57. The van der Waals surface area contributed by atoms with Crippen LogP contribution < -0.4 is 22.3 Å². The lowest BCUT2D eigenvalue weighted by Gasteiger charge is -2.14. The van der Waals surface area contributed by atoms with E-state index in [9.17, 15) is 9.18 Å². The molecule has 0 bridgehead atoms. The second-order valence-corrected chi connectivity index (χ2v) is 9.24. The number of carbonyl (C=O) groups is 1. The van der Waals surface area contributed by atoms with Crippen LogP contribution in [0, 0.1) is 19.7 Å². The molecular weight excluding hydrogens is 537 g/mol. The molecular formula is C32H40FN5O4. The summed E-state index contributed by atoms with van der Waals surface area (Å²) in [7, 11) is 1.58. The molecule has 0 fully saturated rings. The summed E-state index contributed by atoms with van der Waals surface area (Å²) >= 11 is 0. The van der Waals surface area contributed by atoms with Crippen LogP contribution in [0.15, 0.2) is 60.0 Å². The number of pyridine rings is 2. The smallest absolute Gasteiger partial charge is 0.290 e. The number of methoxy groups -OCH3 is 1. The Kier molecular flexibility index (Phi) is 12.9. The molecule has 0 saturated heterocycles. The van der Waals surface area contributed by atoms with Crippen LogP contribution in [0.1, 0.15) is 47.2 Å². The number of nitrogens with one attached hydrogen (secondary N) is 1. The number of fused-ring (bicyclic) bond motifs is 4. The number of hydrogen-bond acceptors (Lipinski definition) is 7. The Hall–Kier alpha value is -4.54. The predicted molar refractivity (Wildman–Crippen MR) is 167 cm³/mol. The highest BCUT2D eigenvalue weighted by Crippen LogP contribution is 2.36. The maximum atomic E-state index is 14.5. The number of ether oxygens (including phenoxy) is 1. The average molecular weight is 578 g/mol. The average Bonchev–Trinajstić information content (AvgIpc) is 3.33. The molecule has 1 aliphatic rings. The highest BCUT2D eigenvalue weighted by Gasteiger charge is 2.27. The minimum absolute atomic E-state index is 0.0675. The molecule has 2 aromatic carbocycles. The summed E-state index contributed by atoms with van der Waals surface area (Å²) in [6.45, 7) is 12.5. The molecule has 10 heteroatoms. The molecule has 4 aromatic rings. The van der Waals surface area contributed by atoms with E-state index in [2.05, 4.69) is 17.6 Å². The van der Waals surface area contributed by atoms with Gasteiger partial charge in [0, 0.05) is 48.5 Å². The minimum Gasteiger partial charge on any atom is -0.483 e. The summed E-state index contributed by atoms with van der Waals surface area (Å²) in [5, 5.41) is 11.3. The van der Waals surface area contributed by atoms with Gasteiger partial charge >= 0.3 is 0 Å². The largest absolute Gasteiger partial charge is 0.483 e. The van der Waals surface area contributed by atoms with Crippen LogP contribution in [-0.4, -0.2) is 28.2 Å². The van der Waals surface area contributed by atoms with Gasteiger partial charge < -0.3 is 31.2 Å². The lowest BCUT2D eigenvalue weighted by molar-refractivity contribution is -0.122. The molecule has 0 spiro atoms. The van der Waals surface area contributed by atoms with Crippen LogP contribution in [0.3, 0.4) is 0 Å². The van der Waals surface area contributed by atoms with Crippen LogP contribution in [0.2, 0.25) is 0 Å². The Morgan fingerprint density at radius 3 is 2.33 bits per heavy atom. The van der Waals surface area contributed by atoms with E-state index in [1.807, 2.05) is 57.2 Å². The Labute approximate surface area is 245 Å². The van der Waals surface area contributed by atoms with E-state index in [1.54, 1.807) is 18.6 Å². The molecule has 224 valence electrons. The first kappa shape index (κ1) is 33.7. The minimum atomic E-state index is -0.289. The van der Waals surface area contributed by atoms with E-state index in [0.29, 0.717) is 36.3 Å². The van der Waals surface area contributed by atoms with Crippen molar-refractivity contribution in [2.24, 2.45) is 5.73 Å². The van der Waals surface area contributed by atoms with E-state index in [0.717, 1.165) is 44.7 Å². The fourth-order valence-corrected chi connectivity index (χ4v) is 4.69. The third kappa shape index (κ3) is 7.59. The van der Waals surface area contributed by atoms with Crippen LogP contribution in [0.5, 0.6) is 0 Å². The molecule has 2 aromatic heterocycles. The van der Waals surface area contributed by atoms with Crippen molar-refractivity contribution in [1.82, 2.24) is 14.9 Å². The van der Waals surface area contributed by atoms with Gasteiger partial charge in [0.25, 0.3) is 12.0 Å². The monoisotopic (exact) mass is 577 g/mol. The molecule has 0 amide bonds. The summed E-state index contributed by atoms with van der Waals surface area (Å²) in [6, 6.07) is 13.1. The van der Waals surface area contributed by atoms with Gasteiger partial charge in [-0.1, -0.05) is 32.6 Å². The normalized spacial score (nSPS) is 10.6. The van der Waals surface area contributed by atoms with Gasteiger partial charge in [0.05, 0.1) is 30.1 Å². The first-order valence-electron chi connectivity index (χ1n) is 13.5. The lowest BCUT2D eigenvalue weighted by atomic mass is 9.98. The predicted octanol–water partition coefficient (Wildman–Crippen LogP) is 5.02. The molecule has 9 nitrogen and oxygen atoms in total. The fraction of sp³-hybridized carbons (Fsp3) is 0.281. The number of aryl methyl sites for hydroxylation is 2. The maximum absolute atomic E-state index is 14.5. The van der Waals surface area contributed by atoms with Crippen molar-refractivity contribution in [1.29, 1.82) is 0 Å². The van der Waals surface area contributed by atoms with Crippen molar-refractivity contribution >= 4 is 23.1 Å². The molecule has 3 heterocycles. The summed E-state index contributed by atoms with van der Waals surface area (Å²) < 4.78 is 21.5. The highest BCUT2D eigenvalue weighted by molar-refractivity contribution is 5.88. The van der Waals surface area contributed by atoms with Crippen molar-refractivity contribution in [3.05, 3.63) is 105 Å². The quantitative estimate of drug-likeness (QED) is 0.163.